The number of anilines is 2. The average molecular weight is 440 g/mol. The van der Waals surface area contributed by atoms with Crippen LogP contribution in [0.1, 0.15) is 18.3 Å². The van der Waals surface area contributed by atoms with Gasteiger partial charge in [-0.15, -0.1) is 10.2 Å². The van der Waals surface area contributed by atoms with E-state index in [9.17, 15) is 19.7 Å². The fraction of sp³-hybridized carbons (Fsp3) is 0.200. The molecule has 1 aromatic heterocycles. The highest BCUT2D eigenvalue weighted by Crippen LogP contribution is 2.27. The molecule has 3 rings (SSSR count). The van der Waals surface area contributed by atoms with Gasteiger partial charge < -0.3 is 10.6 Å². The molecule has 0 aliphatic rings. The number of hydrogen-bond acceptors (Lipinski definition) is 7. The Hall–Kier alpha value is -3.73. The number of nitro groups is 1. The highest BCUT2D eigenvalue weighted by Gasteiger charge is 2.17. The van der Waals surface area contributed by atoms with Crippen molar-refractivity contribution in [3.8, 4) is 5.69 Å². The van der Waals surface area contributed by atoms with Crippen LogP contribution in [0.15, 0.2) is 47.6 Å². The summed E-state index contributed by atoms with van der Waals surface area (Å²) in [5, 5.41) is 25.2. The van der Waals surface area contributed by atoms with Crippen molar-refractivity contribution in [2.45, 2.75) is 25.9 Å². The summed E-state index contributed by atoms with van der Waals surface area (Å²) in [5.41, 5.74) is 2.10. The van der Waals surface area contributed by atoms with Gasteiger partial charge in [0.25, 0.3) is 5.69 Å². The minimum atomic E-state index is -0.486. The van der Waals surface area contributed by atoms with E-state index in [0.29, 0.717) is 27.9 Å². The molecule has 0 fully saturated rings. The number of rotatable bonds is 7. The summed E-state index contributed by atoms with van der Waals surface area (Å²) in [6.07, 6.45) is 0. The van der Waals surface area contributed by atoms with Crippen molar-refractivity contribution < 1.29 is 14.5 Å². The van der Waals surface area contributed by atoms with Crippen molar-refractivity contribution in [3.05, 3.63) is 64.0 Å². The van der Waals surface area contributed by atoms with Crippen LogP contribution in [0, 0.1) is 24.0 Å². The minimum absolute atomic E-state index is 0.0334. The maximum Gasteiger partial charge on any atom is 0.274 e. The van der Waals surface area contributed by atoms with Gasteiger partial charge in [0, 0.05) is 18.7 Å². The summed E-state index contributed by atoms with van der Waals surface area (Å²) in [6, 6.07) is 11.7. The molecule has 2 aromatic carbocycles. The normalized spacial score (nSPS) is 10.5. The first-order valence-corrected chi connectivity index (χ1v) is 10.2. The van der Waals surface area contributed by atoms with E-state index in [2.05, 4.69) is 20.8 Å². The maximum atomic E-state index is 12.4. The third kappa shape index (κ3) is 5.25. The van der Waals surface area contributed by atoms with Crippen LogP contribution in [0.5, 0.6) is 0 Å². The molecule has 160 valence electrons. The van der Waals surface area contributed by atoms with Gasteiger partial charge in [0.05, 0.1) is 27.6 Å². The van der Waals surface area contributed by atoms with Crippen LogP contribution in [-0.2, 0) is 9.59 Å². The first kappa shape index (κ1) is 22.0. The number of carbonyl (C=O) groups excluding carboxylic acids is 2. The standard InChI is InChI=1S/C20H20N6O4S/c1-12-17(8-5-9-18(12)26(29)30)22-19(28)11-31-20-24-23-13(2)25(20)16-7-4-6-15(10-16)21-14(3)27/h4-10H,11H2,1-3H3,(H,21,27)(H,22,28). The van der Waals surface area contributed by atoms with Crippen molar-refractivity contribution in [2.24, 2.45) is 0 Å². The van der Waals surface area contributed by atoms with Gasteiger partial charge in [0.1, 0.15) is 5.82 Å². The molecule has 0 aliphatic carbocycles. The Morgan fingerprint density at radius 1 is 1.13 bits per heavy atom. The lowest BCUT2D eigenvalue weighted by Crippen LogP contribution is -2.15. The van der Waals surface area contributed by atoms with Crippen LogP contribution < -0.4 is 10.6 Å². The molecule has 0 bridgehead atoms. The number of nitrogens with zero attached hydrogens (tertiary/aromatic N) is 4. The predicted octanol–water partition coefficient (Wildman–Crippen LogP) is 3.48. The number of aromatic nitrogens is 3. The van der Waals surface area contributed by atoms with Crippen LogP contribution in [-0.4, -0.2) is 37.3 Å². The number of nitrogens with one attached hydrogen (secondary N) is 2. The largest absolute Gasteiger partial charge is 0.326 e. The van der Waals surface area contributed by atoms with Crippen molar-refractivity contribution in [1.29, 1.82) is 0 Å². The Balaban J connectivity index is 1.74. The zero-order chi connectivity index (χ0) is 22.5. The van der Waals surface area contributed by atoms with Gasteiger partial charge in [-0.05, 0) is 38.1 Å². The monoisotopic (exact) mass is 440 g/mol. The van der Waals surface area contributed by atoms with E-state index in [0.717, 1.165) is 5.69 Å². The van der Waals surface area contributed by atoms with Gasteiger partial charge in [-0.1, -0.05) is 23.9 Å². The quantitative estimate of drug-likeness (QED) is 0.326. The molecule has 0 radical (unpaired) electrons. The zero-order valence-corrected chi connectivity index (χ0v) is 17.9. The fourth-order valence-electron chi connectivity index (χ4n) is 2.93. The third-order valence-corrected chi connectivity index (χ3v) is 5.26. The second-order valence-electron chi connectivity index (χ2n) is 6.64. The van der Waals surface area contributed by atoms with Crippen LogP contribution in [0.25, 0.3) is 5.69 Å². The van der Waals surface area contributed by atoms with E-state index in [1.165, 1.54) is 30.8 Å². The number of carbonyl (C=O) groups is 2. The molecule has 1 heterocycles. The van der Waals surface area contributed by atoms with Gasteiger partial charge >= 0.3 is 0 Å². The van der Waals surface area contributed by atoms with Gasteiger partial charge in [-0.3, -0.25) is 24.3 Å². The first-order valence-electron chi connectivity index (χ1n) is 9.23. The summed E-state index contributed by atoms with van der Waals surface area (Å²) >= 11 is 1.18. The summed E-state index contributed by atoms with van der Waals surface area (Å²) < 4.78 is 1.78. The van der Waals surface area contributed by atoms with E-state index in [4.69, 9.17) is 0 Å². The van der Waals surface area contributed by atoms with E-state index < -0.39 is 4.92 Å². The number of amides is 2. The Bertz CT molecular complexity index is 1160. The molecule has 2 amide bonds. The van der Waals surface area contributed by atoms with Crippen LogP contribution in [0.4, 0.5) is 17.1 Å². The van der Waals surface area contributed by atoms with Gasteiger partial charge in [0.15, 0.2) is 5.16 Å². The van der Waals surface area contributed by atoms with Crippen LogP contribution in [0.3, 0.4) is 0 Å². The smallest absolute Gasteiger partial charge is 0.274 e. The number of benzene rings is 2. The van der Waals surface area contributed by atoms with Crippen LogP contribution >= 0.6 is 11.8 Å². The highest BCUT2D eigenvalue weighted by atomic mass is 32.2. The van der Waals surface area contributed by atoms with E-state index in [1.54, 1.807) is 42.7 Å². The maximum absolute atomic E-state index is 12.4. The molecule has 31 heavy (non-hydrogen) atoms. The van der Waals surface area contributed by atoms with Crippen molar-refractivity contribution in [2.75, 3.05) is 16.4 Å². The molecule has 11 heteroatoms. The lowest BCUT2D eigenvalue weighted by Gasteiger charge is -2.11. The Morgan fingerprint density at radius 2 is 1.87 bits per heavy atom. The van der Waals surface area contributed by atoms with Gasteiger partial charge in [-0.2, -0.15) is 0 Å². The summed E-state index contributed by atoms with van der Waals surface area (Å²) in [6.45, 7) is 4.80. The molecule has 0 aliphatic heterocycles. The van der Waals surface area contributed by atoms with E-state index in [-0.39, 0.29) is 23.3 Å². The number of thioether (sulfide) groups is 1. The number of aryl methyl sites for hydroxylation is 1. The molecular weight excluding hydrogens is 420 g/mol. The van der Waals surface area contributed by atoms with E-state index >= 15 is 0 Å². The second kappa shape index (κ2) is 9.39. The lowest BCUT2D eigenvalue weighted by molar-refractivity contribution is -0.385. The van der Waals surface area contributed by atoms with Crippen molar-refractivity contribution in [3.63, 3.8) is 0 Å². The molecule has 0 atom stereocenters. The molecule has 10 nitrogen and oxygen atoms in total. The number of hydrogen-bond donors (Lipinski definition) is 2. The summed E-state index contributed by atoms with van der Waals surface area (Å²) in [7, 11) is 0. The van der Waals surface area contributed by atoms with E-state index in [1.807, 2.05) is 6.07 Å². The fourth-order valence-corrected chi connectivity index (χ4v) is 3.73. The molecule has 0 spiro atoms. The third-order valence-electron chi connectivity index (χ3n) is 4.33. The molecule has 0 saturated heterocycles. The van der Waals surface area contributed by atoms with Gasteiger partial charge in [-0.25, -0.2) is 0 Å². The predicted molar refractivity (Wildman–Crippen MR) is 118 cm³/mol. The topological polar surface area (TPSA) is 132 Å². The highest BCUT2D eigenvalue weighted by molar-refractivity contribution is 7.99. The molecule has 2 N–H and O–H groups in total. The van der Waals surface area contributed by atoms with Crippen molar-refractivity contribution >= 4 is 40.6 Å². The minimum Gasteiger partial charge on any atom is -0.326 e. The number of nitro benzene ring substituents is 1. The molecule has 3 aromatic rings. The lowest BCUT2D eigenvalue weighted by atomic mass is 10.1. The molecular formula is C20H20N6O4S. The first-order chi connectivity index (χ1) is 14.8. The molecule has 0 saturated carbocycles. The summed E-state index contributed by atoms with van der Waals surface area (Å²) in [5.74, 6) is 0.150. The van der Waals surface area contributed by atoms with Crippen LogP contribution in [0.2, 0.25) is 0 Å². The second-order valence-corrected chi connectivity index (χ2v) is 7.58. The Kier molecular flexibility index (Phi) is 6.65. The Morgan fingerprint density at radius 3 is 2.58 bits per heavy atom. The van der Waals surface area contributed by atoms with Gasteiger partial charge in [0.2, 0.25) is 11.8 Å². The molecule has 0 unspecified atom stereocenters. The van der Waals surface area contributed by atoms with Crippen molar-refractivity contribution in [1.82, 2.24) is 14.8 Å². The zero-order valence-electron chi connectivity index (χ0n) is 17.1. The SMILES string of the molecule is CC(=O)Nc1cccc(-n2c(C)nnc2SCC(=O)Nc2cccc([N+](=O)[O-])c2C)c1. The Labute approximate surface area is 182 Å². The average Bonchev–Trinajstić information content (AvgIpc) is 3.08. The summed E-state index contributed by atoms with van der Waals surface area (Å²) in [4.78, 5) is 34.4.